The molecule has 1 aliphatic rings. The predicted octanol–water partition coefficient (Wildman–Crippen LogP) is 5.10. The molecule has 1 atom stereocenters. The van der Waals surface area contributed by atoms with E-state index in [1.165, 1.54) is 6.07 Å². The van der Waals surface area contributed by atoms with Gasteiger partial charge in [0.25, 0.3) is 0 Å². The normalized spacial score (nSPS) is 17.9. The van der Waals surface area contributed by atoms with Gasteiger partial charge in [0, 0.05) is 23.8 Å². The van der Waals surface area contributed by atoms with Crippen LogP contribution in [0.1, 0.15) is 38.2 Å². The SMILES string of the molecule is CC1CCCCCN1C(=O)Nc1ccc(C(F)(F)F)c(-c2ncc(F)cn2)c1. The number of nitrogens with zero attached hydrogens (tertiary/aromatic N) is 3. The Kier molecular flexibility index (Phi) is 5.81. The zero-order chi connectivity index (χ0) is 20.3. The fourth-order valence-corrected chi connectivity index (χ4v) is 3.28. The van der Waals surface area contributed by atoms with Crippen molar-refractivity contribution in [2.75, 3.05) is 11.9 Å². The van der Waals surface area contributed by atoms with E-state index in [0.29, 0.717) is 6.54 Å². The van der Waals surface area contributed by atoms with Crippen LogP contribution < -0.4 is 5.32 Å². The van der Waals surface area contributed by atoms with Crippen LogP contribution in [0, 0.1) is 5.82 Å². The summed E-state index contributed by atoms with van der Waals surface area (Å²) in [4.78, 5) is 21.6. The zero-order valence-corrected chi connectivity index (χ0v) is 15.3. The second-order valence-corrected chi connectivity index (χ2v) is 6.80. The second-order valence-electron chi connectivity index (χ2n) is 6.80. The quantitative estimate of drug-likeness (QED) is 0.719. The summed E-state index contributed by atoms with van der Waals surface area (Å²) in [7, 11) is 0. The van der Waals surface area contributed by atoms with E-state index in [0.717, 1.165) is 50.2 Å². The van der Waals surface area contributed by atoms with Gasteiger partial charge in [0.1, 0.15) is 0 Å². The van der Waals surface area contributed by atoms with Crippen molar-refractivity contribution in [2.24, 2.45) is 0 Å². The van der Waals surface area contributed by atoms with Gasteiger partial charge in [-0.1, -0.05) is 12.8 Å². The van der Waals surface area contributed by atoms with Crippen LogP contribution in [-0.4, -0.2) is 33.5 Å². The van der Waals surface area contributed by atoms with Crippen LogP contribution in [0.5, 0.6) is 0 Å². The van der Waals surface area contributed by atoms with Crippen LogP contribution in [0.3, 0.4) is 0 Å². The van der Waals surface area contributed by atoms with Gasteiger partial charge in [-0.05, 0) is 38.0 Å². The Labute approximate surface area is 159 Å². The van der Waals surface area contributed by atoms with E-state index in [1.54, 1.807) is 4.90 Å². The summed E-state index contributed by atoms with van der Waals surface area (Å²) in [6.07, 6.45) is 0.806. The standard InChI is InChI=1S/C19H20F4N4O/c1-12-5-3-2-4-8-27(12)18(28)26-14-6-7-16(19(21,22)23)15(9-14)17-24-10-13(20)11-25-17/h6-7,9-12H,2-5,8H2,1H3,(H,26,28). The zero-order valence-electron chi connectivity index (χ0n) is 15.3. The van der Waals surface area contributed by atoms with E-state index >= 15 is 0 Å². The number of anilines is 1. The first-order valence-corrected chi connectivity index (χ1v) is 9.02. The molecule has 1 fully saturated rings. The number of halogens is 4. The van der Waals surface area contributed by atoms with Gasteiger partial charge < -0.3 is 10.2 Å². The molecule has 1 saturated heterocycles. The molecular weight excluding hydrogens is 376 g/mol. The topological polar surface area (TPSA) is 58.1 Å². The number of alkyl halides is 3. The van der Waals surface area contributed by atoms with Gasteiger partial charge in [-0.15, -0.1) is 0 Å². The number of likely N-dealkylation sites (tertiary alicyclic amines) is 1. The molecule has 0 aliphatic carbocycles. The fourth-order valence-electron chi connectivity index (χ4n) is 3.28. The van der Waals surface area contributed by atoms with Crippen LogP contribution in [0.25, 0.3) is 11.4 Å². The van der Waals surface area contributed by atoms with E-state index < -0.39 is 17.6 Å². The maximum atomic E-state index is 13.4. The van der Waals surface area contributed by atoms with Crippen LogP contribution in [0.2, 0.25) is 0 Å². The van der Waals surface area contributed by atoms with Crippen LogP contribution in [0.15, 0.2) is 30.6 Å². The van der Waals surface area contributed by atoms with Crippen molar-refractivity contribution in [2.45, 2.75) is 44.8 Å². The van der Waals surface area contributed by atoms with E-state index in [9.17, 15) is 22.4 Å². The molecule has 9 heteroatoms. The van der Waals surface area contributed by atoms with Crippen molar-refractivity contribution in [3.05, 3.63) is 42.0 Å². The lowest BCUT2D eigenvalue weighted by Crippen LogP contribution is -2.41. The number of carbonyl (C=O) groups excluding carboxylic acids is 1. The third kappa shape index (κ3) is 4.58. The first kappa shape index (κ1) is 20.0. The average molecular weight is 396 g/mol. The monoisotopic (exact) mass is 396 g/mol. The summed E-state index contributed by atoms with van der Waals surface area (Å²) in [5.74, 6) is -1.02. The maximum absolute atomic E-state index is 13.4. The smallest absolute Gasteiger partial charge is 0.322 e. The number of carbonyl (C=O) groups is 1. The van der Waals surface area contributed by atoms with E-state index in [2.05, 4.69) is 15.3 Å². The van der Waals surface area contributed by atoms with Gasteiger partial charge in [0.05, 0.1) is 18.0 Å². The Morgan fingerprint density at radius 2 is 1.89 bits per heavy atom. The molecular formula is C19H20F4N4O. The average Bonchev–Trinajstić information content (AvgIpc) is 2.86. The van der Waals surface area contributed by atoms with Crippen LogP contribution in [0.4, 0.5) is 28.0 Å². The molecule has 150 valence electrons. The highest BCUT2D eigenvalue weighted by Gasteiger charge is 2.34. The predicted molar refractivity (Wildman–Crippen MR) is 96.1 cm³/mol. The molecule has 1 aromatic carbocycles. The molecule has 1 unspecified atom stereocenters. The molecule has 2 amide bonds. The summed E-state index contributed by atoms with van der Waals surface area (Å²) >= 11 is 0. The lowest BCUT2D eigenvalue weighted by Gasteiger charge is -2.27. The van der Waals surface area contributed by atoms with Gasteiger partial charge in [-0.3, -0.25) is 0 Å². The molecule has 1 N–H and O–H groups in total. The van der Waals surface area contributed by atoms with Crippen molar-refractivity contribution < 1.29 is 22.4 Å². The molecule has 3 rings (SSSR count). The van der Waals surface area contributed by atoms with Gasteiger partial charge in [0.2, 0.25) is 0 Å². The minimum absolute atomic E-state index is 0.0526. The van der Waals surface area contributed by atoms with Crippen molar-refractivity contribution >= 4 is 11.7 Å². The Morgan fingerprint density at radius 1 is 1.18 bits per heavy atom. The van der Waals surface area contributed by atoms with E-state index in [1.807, 2.05) is 6.92 Å². The third-order valence-corrected chi connectivity index (χ3v) is 4.75. The number of rotatable bonds is 2. The Morgan fingerprint density at radius 3 is 2.57 bits per heavy atom. The van der Waals surface area contributed by atoms with Gasteiger partial charge >= 0.3 is 12.2 Å². The minimum Gasteiger partial charge on any atom is -0.322 e. The lowest BCUT2D eigenvalue weighted by molar-refractivity contribution is -0.137. The largest absolute Gasteiger partial charge is 0.417 e. The Hall–Kier alpha value is -2.71. The van der Waals surface area contributed by atoms with Crippen LogP contribution >= 0.6 is 0 Å². The molecule has 0 saturated carbocycles. The molecule has 28 heavy (non-hydrogen) atoms. The Bertz CT molecular complexity index is 839. The number of urea groups is 1. The van der Waals surface area contributed by atoms with Crippen molar-refractivity contribution in [1.29, 1.82) is 0 Å². The molecule has 0 spiro atoms. The summed E-state index contributed by atoms with van der Waals surface area (Å²) in [6.45, 7) is 2.55. The van der Waals surface area contributed by atoms with E-state index in [4.69, 9.17) is 0 Å². The van der Waals surface area contributed by atoms with Gasteiger partial charge in [-0.25, -0.2) is 19.2 Å². The Balaban J connectivity index is 1.91. The summed E-state index contributed by atoms with van der Waals surface area (Å²) in [5, 5.41) is 2.66. The van der Waals surface area contributed by atoms with Crippen molar-refractivity contribution in [3.8, 4) is 11.4 Å². The number of hydrogen-bond acceptors (Lipinski definition) is 3. The van der Waals surface area contributed by atoms with Crippen molar-refractivity contribution in [1.82, 2.24) is 14.9 Å². The molecule has 1 aromatic heterocycles. The summed E-state index contributed by atoms with van der Waals surface area (Å²) in [5.41, 5.74) is -1.09. The molecule has 1 aliphatic heterocycles. The molecule has 0 bridgehead atoms. The van der Waals surface area contributed by atoms with Gasteiger partial charge in [0.15, 0.2) is 11.6 Å². The first-order valence-electron chi connectivity index (χ1n) is 9.02. The van der Waals surface area contributed by atoms with Gasteiger partial charge in [-0.2, -0.15) is 13.2 Å². The van der Waals surface area contributed by atoms with Crippen molar-refractivity contribution in [3.63, 3.8) is 0 Å². The second kappa shape index (κ2) is 8.12. The number of nitrogens with one attached hydrogen (secondary N) is 1. The number of amides is 2. The molecule has 5 nitrogen and oxygen atoms in total. The molecule has 2 aromatic rings. The first-order chi connectivity index (χ1) is 13.3. The molecule has 0 radical (unpaired) electrons. The highest BCUT2D eigenvalue weighted by Crippen LogP contribution is 2.37. The minimum atomic E-state index is -4.64. The fraction of sp³-hybridized carbons (Fsp3) is 0.421. The highest BCUT2D eigenvalue weighted by atomic mass is 19.4. The maximum Gasteiger partial charge on any atom is 0.417 e. The van der Waals surface area contributed by atoms with E-state index in [-0.39, 0.29) is 29.1 Å². The number of hydrogen-bond donors (Lipinski definition) is 1. The van der Waals surface area contributed by atoms with Crippen LogP contribution in [-0.2, 0) is 6.18 Å². The number of benzene rings is 1. The lowest BCUT2D eigenvalue weighted by atomic mass is 10.1. The third-order valence-electron chi connectivity index (χ3n) is 4.75. The molecule has 2 heterocycles. The summed E-state index contributed by atoms with van der Waals surface area (Å²) in [6, 6.07) is 2.91. The number of aromatic nitrogens is 2. The highest BCUT2D eigenvalue weighted by molar-refractivity contribution is 5.90. The summed E-state index contributed by atoms with van der Waals surface area (Å²) < 4.78 is 53.2.